The summed E-state index contributed by atoms with van der Waals surface area (Å²) in [4.78, 5) is 35.5. The standard InChI is InChI=1S/C56H98NO8P/c1-6-8-10-12-14-16-18-20-22-24-26-27-28-29-31-33-35-37-39-41-43-45-47-49-56(59)65-54(53-64-66(60,61)63-51-50-57(3,4)5)52-62-55(58)48-46-44-42-40-38-36-34-32-30-25-23-21-19-17-15-13-11-9-7-2/h9,11,15,17,21,23,30,32-33,35-36,38,41,43,54H,6-8,10,12-14,16,18-20,22,24-29,31,34,37,39-40,42,44-53H2,1-5H3/p+1/b11-9+,17-15+,23-21+,32-30+,35-33+,38-36+,43-41+/t54-/m1/s1. The van der Waals surface area contributed by atoms with Gasteiger partial charge in [-0.25, -0.2) is 4.57 Å². The van der Waals surface area contributed by atoms with Crippen molar-refractivity contribution >= 4 is 19.8 Å². The number of phosphoric ester groups is 1. The Morgan fingerprint density at radius 1 is 0.485 bits per heavy atom. The molecule has 0 aliphatic heterocycles. The van der Waals surface area contributed by atoms with Gasteiger partial charge in [0.2, 0.25) is 0 Å². The van der Waals surface area contributed by atoms with Gasteiger partial charge in [-0.2, -0.15) is 0 Å². The van der Waals surface area contributed by atoms with E-state index in [0.717, 1.165) is 77.0 Å². The number of hydrogen-bond donors (Lipinski definition) is 1. The molecule has 380 valence electrons. The van der Waals surface area contributed by atoms with Crippen molar-refractivity contribution in [2.75, 3.05) is 47.5 Å². The van der Waals surface area contributed by atoms with Crippen molar-refractivity contribution in [1.82, 2.24) is 0 Å². The van der Waals surface area contributed by atoms with Crippen molar-refractivity contribution in [3.8, 4) is 0 Å². The van der Waals surface area contributed by atoms with E-state index in [2.05, 4.69) is 98.9 Å². The minimum atomic E-state index is -4.41. The highest BCUT2D eigenvalue weighted by molar-refractivity contribution is 7.47. The predicted molar refractivity (Wildman–Crippen MR) is 279 cm³/mol. The monoisotopic (exact) mass is 945 g/mol. The van der Waals surface area contributed by atoms with Gasteiger partial charge >= 0.3 is 19.8 Å². The Morgan fingerprint density at radius 3 is 1.39 bits per heavy atom. The Kier molecular flexibility index (Phi) is 45.3. The van der Waals surface area contributed by atoms with Crippen LogP contribution < -0.4 is 0 Å². The van der Waals surface area contributed by atoms with Crippen LogP contribution >= 0.6 is 7.82 Å². The zero-order valence-electron chi connectivity index (χ0n) is 42.9. The Hall–Kier alpha value is -2.81. The molecule has 0 rings (SSSR count). The number of carbonyl (C=O) groups excluding carboxylic acids is 2. The first kappa shape index (κ1) is 63.2. The molecule has 0 aromatic rings. The summed E-state index contributed by atoms with van der Waals surface area (Å²) in [6, 6.07) is 0. The summed E-state index contributed by atoms with van der Waals surface area (Å²) in [5, 5.41) is 0. The van der Waals surface area contributed by atoms with E-state index >= 15 is 0 Å². The van der Waals surface area contributed by atoms with Crippen LogP contribution in [0.3, 0.4) is 0 Å². The van der Waals surface area contributed by atoms with Crippen molar-refractivity contribution < 1.29 is 42.1 Å². The van der Waals surface area contributed by atoms with Gasteiger partial charge in [-0.1, -0.05) is 189 Å². The number of quaternary nitrogens is 1. The second kappa shape index (κ2) is 47.3. The molecule has 0 spiro atoms. The van der Waals surface area contributed by atoms with E-state index in [0.29, 0.717) is 23.9 Å². The molecule has 9 nitrogen and oxygen atoms in total. The maximum absolute atomic E-state index is 12.8. The van der Waals surface area contributed by atoms with Crippen molar-refractivity contribution in [3.63, 3.8) is 0 Å². The van der Waals surface area contributed by atoms with E-state index in [4.69, 9.17) is 18.5 Å². The Labute approximate surface area is 405 Å². The lowest BCUT2D eigenvalue weighted by molar-refractivity contribution is -0.870. The van der Waals surface area contributed by atoms with Gasteiger partial charge in [0.25, 0.3) is 0 Å². The highest BCUT2D eigenvalue weighted by Gasteiger charge is 2.27. The van der Waals surface area contributed by atoms with Crippen LogP contribution in [0.5, 0.6) is 0 Å². The summed E-state index contributed by atoms with van der Waals surface area (Å²) < 4.78 is 34.4. The van der Waals surface area contributed by atoms with Gasteiger partial charge in [-0.15, -0.1) is 0 Å². The maximum atomic E-state index is 12.8. The lowest BCUT2D eigenvalue weighted by Gasteiger charge is -2.24. The van der Waals surface area contributed by atoms with Crippen LogP contribution in [0.15, 0.2) is 85.1 Å². The topological polar surface area (TPSA) is 108 Å². The zero-order chi connectivity index (χ0) is 48.5. The van der Waals surface area contributed by atoms with Crippen LogP contribution in [-0.4, -0.2) is 74.9 Å². The molecule has 0 saturated heterocycles. The van der Waals surface area contributed by atoms with Crippen molar-refractivity contribution in [2.45, 2.75) is 213 Å². The van der Waals surface area contributed by atoms with E-state index in [-0.39, 0.29) is 26.1 Å². The second-order valence-electron chi connectivity index (χ2n) is 18.5. The number of allylic oxidation sites excluding steroid dienone is 14. The third-order valence-corrected chi connectivity index (χ3v) is 11.9. The van der Waals surface area contributed by atoms with Gasteiger partial charge in [0.1, 0.15) is 19.8 Å². The summed E-state index contributed by atoms with van der Waals surface area (Å²) in [6.45, 7) is 4.23. The van der Waals surface area contributed by atoms with Crippen molar-refractivity contribution in [2.24, 2.45) is 0 Å². The number of nitrogens with zero attached hydrogens (tertiary/aromatic N) is 1. The number of rotatable bonds is 47. The number of hydrogen-bond acceptors (Lipinski definition) is 7. The fourth-order valence-electron chi connectivity index (χ4n) is 6.83. The zero-order valence-corrected chi connectivity index (χ0v) is 43.8. The van der Waals surface area contributed by atoms with E-state index in [9.17, 15) is 19.0 Å². The Balaban J connectivity index is 4.36. The number of phosphoric acid groups is 1. The van der Waals surface area contributed by atoms with Crippen LogP contribution in [0.4, 0.5) is 0 Å². The molecule has 0 amide bonds. The maximum Gasteiger partial charge on any atom is 0.472 e. The van der Waals surface area contributed by atoms with E-state index < -0.39 is 32.5 Å². The Morgan fingerprint density at radius 2 is 0.894 bits per heavy atom. The first-order valence-corrected chi connectivity index (χ1v) is 27.8. The van der Waals surface area contributed by atoms with Gasteiger partial charge in [-0.05, 0) is 89.9 Å². The molecule has 0 aliphatic rings. The number of unbranched alkanes of at least 4 members (excludes halogenated alkanes) is 19. The van der Waals surface area contributed by atoms with Gasteiger partial charge in [0, 0.05) is 12.8 Å². The number of ether oxygens (including phenoxy) is 2. The van der Waals surface area contributed by atoms with E-state index in [1.54, 1.807) is 0 Å². The van der Waals surface area contributed by atoms with Crippen LogP contribution in [0.1, 0.15) is 206 Å². The quantitative estimate of drug-likeness (QED) is 0.0211. The van der Waals surface area contributed by atoms with Gasteiger partial charge < -0.3 is 18.9 Å². The third-order valence-electron chi connectivity index (χ3n) is 10.9. The molecule has 0 aromatic carbocycles. The summed E-state index contributed by atoms with van der Waals surface area (Å²) in [6.07, 6.45) is 62.3. The minimum Gasteiger partial charge on any atom is -0.462 e. The molecule has 0 fully saturated rings. The van der Waals surface area contributed by atoms with Crippen LogP contribution in [-0.2, 0) is 32.7 Å². The molecule has 0 radical (unpaired) electrons. The van der Waals surface area contributed by atoms with Gasteiger partial charge in [-0.3, -0.25) is 18.6 Å². The molecular weight excluding hydrogens is 846 g/mol. The molecular formula is C56H99NO8P+. The first-order chi connectivity index (χ1) is 32.0. The average molecular weight is 945 g/mol. The van der Waals surface area contributed by atoms with Crippen molar-refractivity contribution in [1.29, 1.82) is 0 Å². The Bertz CT molecular complexity index is 1390. The summed E-state index contributed by atoms with van der Waals surface area (Å²) in [5.41, 5.74) is 0. The average Bonchev–Trinajstić information content (AvgIpc) is 3.27. The largest absolute Gasteiger partial charge is 0.472 e. The lowest BCUT2D eigenvalue weighted by atomic mass is 10.0. The second-order valence-corrected chi connectivity index (χ2v) is 20.0. The predicted octanol–water partition coefficient (Wildman–Crippen LogP) is 15.9. The molecule has 0 saturated carbocycles. The fourth-order valence-corrected chi connectivity index (χ4v) is 7.57. The number of esters is 2. The molecule has 2 atom stereocenters. The molecule has 1 N–H and O–H groups in total. The smallest absolute Gasteiger partial charge is 0.462 e. The van der Waals surface area contributed by atoms with Crippen molar-refractivity contribution in [3.05, 3.63) is 85.1 Å². The van der Waals surface area contributed by atoms with E-state index in [1.165, 1.54) is 89.9 Å². The van der Waals surface area contributed by atoms with Crippen LogP contribution in [0, 0.1) is 0 Å². The number of likely N-dealkylation sites (N-methyl/N-ethyl adjacent to an activating group) is 1. The molecule has 10 heteroatoms. The highest BCUT2D eigenvalue weighted by atomic mass is 31.2. The lowest BCUT2D eigenvalue weighted by Crippen LogP contribution is -2.37. The molecule has 1 unspecified atom stereocenters. The minimum absolute atomic E-state index is 0.0150. The fraction of sp³-hybridized carbons (Fsp3) is 0.714. The van der Waals surface area contributed by atoms with E-state index in [1.807, 2.05) is 21.1 Å². The molecule has 0 bridgehead atoms. The van der Waals surface area contributed by atoms with Gasteiger partial charge in [0.05, 0.1) is 27.7 Å². The third kappa shape index (κ3) is 50.6. The summed E-state index contributed by atoms with van der Waals surface area (Å²) in [5.74, 6) is -0.889. The van der Waals surface area contributed by atoms with Gasteiger partial charge in [0.15, 0.2) is 6.10 Å². The molecule has 0 heterocycles. The van der Waals surface area contributed by atoms with Crippen LogP contribution in [0.2, 0.25) is 0 Å². The normalized spacial score (nSPS) is 14.1. The molecule has 0 aromatic heterocycles. The summed E-state index contributed by atoms with van der Waals surface area (Å²) in [7, 11) is 1.42. The first-order valence-electron chi connectivity index (χ1n) is 26.3. The van der Waals surface area contributed by atoms with Crippen LogP contribution in [0.25, 0.3) is 0 Å². The molecule has 66 heavy (non-hydrogen) atoms. The highest BCUT2D eigenvalue weighted by Crippen LogP contribution is 2.43. The number of carbonyl (C=O) groups is 2. The summed E-state index contributed by atoms with van der Waals surface area (Å²) >= 11 is 0. The SMILES string of the molecule is CC/C=C/C/C=C/C/C=C/C/C=C/C/C=C/CCCCCC(=O)OC[C@H](COP(=O)(O)OCC[N+](C)(C)C)OC(=O)CCC/C=C/CC/C=C/CCCCCCCCCCCCCCCC. The molecule has 0 aliphatic carbocycles.